The van der Waals surface area contributed by atoms with Gasteiger partial charge in [0, 0.05) is 45.1 Å². The number of amides is 3. The second-order valence-electron chi connectivity index (χ2n) is 10.2. The molecule has 194 valence electrons. The van der Waals surface area contributed by atoms with Crippen LogP contribution in [0.25, 0.3) is 0 Å². The van der Waals surface area contributed by atoms with E-state index in [2.05, 4.69) is 20.1 Å². The standard InChI is InChI=1S/C28H37N3O4S/c1-5-13-29(4)25(33)22-21-17-19(3)28(36-21)23(22)26(34)31(15-10-16-32)24(28)27(35)30(14-6-2)18-20-11-8-7-9-12-20/h5-9,11-12,19,21-24,32H,1-2,10,13-18H2,3-4H3/t19?,21-,22+,23+,24?,28?/m1/s1. The maximum Gasteiger partial charge on any atom is 0.247 e. The Kier molecular flexibility index (Phi) is 7.95. The molecule has 3 heterocycles. The van der Waals surface area contributed by atoms with Gasteiger partial charge in [-0.15, -0.1) is 24.9 Å². The molecule has 1 spiro atoms. The predicted octanol–water partition coefficient (Wildman–Crippen LogP) is 2.57. The van der Waals surface area contributed by atoms with E-state index in [1.807, 2.05) is 30.3 Å². The monoisotopic (exact) mass is 511 g/mol. The zero-order valence-electron chi connectivity index (χ0n) is 21.2. The lowest BCUT2D eigenvalue weighted by Crippen LogP contribution is -2.57. The molecule has 1 N–H and O–H groups in total. The number of thioether (sulfide) groups is 1. The maximum atomic E-state index is 14.3. The summed E-state index contributed by atoms with van der Waals surface area (Å²) < 4.78 is -0.667. The summed E-state index contributed by atoms with van der Waals surface area (Å²) in [4.78, 5) is 47.0. The first-order valence-corrected chi connectivity index (χ1v) is 13.6. The third-order valence-corrected chi connectivity index (χ3v) is 10.1. The summed E-state index contributed by atoms with van der Waals surface area (Å²) in [7, 11) is 1.74. The summed E-state index contributed by atoms with van der Waals surface area (Å²) in [6.07, 6.45) is 4.58. The number of carbonyl (C=O) groups excluding carboxylic acids is 3. The van der Waals surface area contributed by atoms with Crippen molar-refractivity contribution in [3.05, 3.63) is 61.2 Å². The molecule has 1 aromatic carbocycles. The molecule has 0 aromatic heterocycles. The van der Waals surface area contributed by atoms with Gasteiger partial charge in [-0.3, -0.25) is 14.4 Å². The molecular weight excluding hydrogens is 474 g/mol. The van der Waals surface area contributed by atoms with Crippen molar-refractivity contribution in [2.75, 3.05) is 33.3 Å². The topological polar surface area (TPSA) is 81.2 Å². The minimum absolute atomic E-state index is 0.00554. The van der Waals surface area contributed by atoms with Gasteiger partial charge in [-0.05, 0) is 24.3 Å². The van der Waals surface area contributed by atoms with Crippen molar-refractivity contribution in [3.8, 4) is 0 Å². The summed E-state index contributed by atoms with van der Waals surface area (Å²) in [6.45, 7) is 11.1. The molecular formula is C28H37N3O4S. The van der Waals surface area contributed by atoms with Crippen molar-refractivity contribution in [2.24, 2.45) is 17.8 Å². The molecule has 3 saturated heterocycles. The Bertz CT molecular complexity index is 1020. The largest absolute Gasteiger partial charge is 0.396 e. The predicted molar refractivity (Wildman–Crippen MR) is 142 cm³/mol. The second kappa shape index (κ2) is 10.8. The van der Waals surface area contributed by atoms with Gasteiger partial charge in [-0.2, -0.15) is 0 Å². The van der Waals surface area contributed by atoms with E-state index >= 15 is 0 Å². The number of fused-ring (bicyclic) bond motifs is 1. The lowest BCUT2D eigenvalue weighted by molar-refractivity contribution is -0.144. The van der Waals surface area contributed by atoms with Crippen LogP contribution in [0.5, 0.6) is 0 Å². The quantitative estimate of drug-likeness (QED) is 0.462. The molecule has 7 nitrogen and oxygen atoms in total. The van der Waals surface area contributed by atoms with E-state index in [-0.39, 0.29) is 35.5 Å². The van der Waals surface area contributed by atoms with E-state index in [0.29, 0.717) is 32.6 Å². The van der Waals surface area contributed by atoms with Crippen LogP contribution in [-0.2, 0) is 20.9 Å². The van der Waals surface area contributed by atoms with Gasteiger partial charge < -0.3 is 19.8 Å². The molecule has 4 rings (SSSR count). The molecule has 0 radical (unpaired) electrons. The highest BCUT2D eigenvalue weighted by Gasteiger charge is 2.76. The molecule has 1 aromatic rings. The average Bonchev–Trinajstić information content (AvgIpc) is 3.46. The van der Waals surface area contributed by atoms with E-state index in [1.54, 1.807) is 45.7 Å². The molecule has 3 aliphatic rings. The summed E-state index contributed by atoms with van der Waals surface area (Å²) in [5.74, 6) is -1.20. The van der Waals surface area contributed by atoms with E-state index in [0.717, 1.165) is 12.0 Å². The molecule has 0 aliphatic carbocycles. The minimum atomic E-state index is -0.683. The highest BCUT2D eigenvalue weighted by molar-refractivity contribution is 8.02. The van der Waals surface area contributed by atoms with Crippen molar-refractivity contribution in [1.82, 2.24) is 14.7 Å². The number of benzene rings is 1. The van der Waals surface area contributed by atoms with Crippen molar-refractivity contribution in [3.63, 3.8) is 0 Å². The third-order valence-electron chi connectivity index (χ3n) is 7.98. The summed E-state index contributed by atoms with van der Waals surface area (Å²) >= 11 is 1.68. The van der Waals surface area contributed by atoms with E-state index in [4.69, 9.17) is 0 Å². The SMILES string of the molecule is C=CCN(C)C(=O)[C@@H]1[C@H]2C(=O)N(CCCO)C(C(=O)N(CC=C)Cc3ccccc3)C23S[C@@H]1CC3C. The van der Waals surface area contributed by atoms with Crippen LogP contribution in [0.15, 0.2) is 55.6 Å². The number of likely N-dealkylation sites (N-methyl/N-ethyl adjacent to an activating group) is 1. The van der Waals surface area contributed by atoms with Gasteiger partial charge >= 0.3 is 0 Å². The fraction of sp³-hybridized carbons (Fsp3) is 0.536. The van der Waals surface area contributed by atoms with Crippen LogP contribution in [0.1, 0.15) is 25.3 Å². The third kappa shape index (κ3) is 4.28. The number of aliphatic hydroxyl groups excluding tert-OH is 1. The smallest absolute Gasteiger partial charge is 0.247 e. The zero-order chi connectivity index (χ0) is 26.0. The van der Waals surface area contributed by atoms with Crippen LogP contribution in [0, 0.1) is 17.8 Å². The number of carbonyl (C=O) groups is 3. The van der Waals surface area contributed by atoms with Crippen molar-refractivity contribution < 1.29 is 19.5 Å². The van der Waals surface area contributed by atoms with Gasteiger partial charge in [0.05, 0.1) is 16.6 Å². The zero-order valence-corrected chi connectivity index (χ0v) is 22.0. The lowest BCUT2D eigenvalue weighted by atomic mass is 9.65. The highest BCUT2D eigenvalue weighted by Crippen LogP contribution is 2.68. The highest BCUT2D eigenvalue weighted by atomic mass is 32.2. The Labute approximate surface area is 218 Å². The van der Waals surface area contributed by atoms with Gasteiger partial charge in [0.15, 0.2) is 0 Å². The molecule has 3 aliphatic heterocycles. The van der Waals surface area contributed by atoms with Crippen LogP contribution in [0.4, 0.5) is 0 Å². The number of hydrogen-bond donors (Lipinski definition) is 1. The molecule has 0 saturated carbocycles. The Balaban J connectivity index is 1.74. The number of likely N-dealkylation sites (tertiary alicyclic amines) is 1. The molecule has 36 heavy (non-hydrogen) atoms. The summed E-state index contributed by atoms with van der Waals surface area (Å²) in [5.41, 5.74) is 1.00. The number of hydrogen-bond acceptors (Lipinski definition) is 5. The molecule has 3 amide bonds. The minimum Gasteiger partial charge on any atom is -0.396 e. The lowest BCUT2D eigenvalue weighted by Gasteiger charge is -2.41. The average molecular weight is 512 g/mol. The summed E-state index contributed by atoms with van der Waals surface area (Å²) in [6, 6.07) is 9.11. The number of rotatable bonds is 11. The molecule has 3 fully saturated rings. The fourth-order valence-electron chi connectivity index (χ4n) is 6.47. The fourth-order valence-corrected chi connectivity index (χ4v) is 8.87. The Morgan fingerprint density at radius 2 is 1.89 bits per heavy atom. The van der Waals surface area contributed by atoms with Gasteiger partial charge in [0.1, 0.15) is 6.04 Å². The van der Waals surface area contributed by atoms with E-state index in [9.17, 15) is 19.5 Å². The van der Waals surface area contributed by atoms with Crippen LogP contribution in [-0.4, -0.2) is 86.9 Å². The first-order chi connectivity index (χ1) is 17.3. The molecule has 3 unspecified atom stereocenters. The van der Waals surface area contributed by atoms with Crippen LogP contribution < -0.4 is 0 Å². The van der Waals surface area contributed by atoms with Gasteiger partial charge in [-0.1, -0.05) is 49.4 Å². The van der Waals surface area contributed by atoms with Crippen LogP contribution >= 0.6 is 11.8 Å². The Morgan fingerprint density at radius 3 is 2.53 bits per heavy atom. The van der Waals surface area contributed by atoms with E-state index < -0.39 is 22.6 Å². The van der Waals surface area contributed by atoms with Crippen molar-refractivity contribution >= 4 is 29.5 Å². The molecule has 6 atom stereocenters. The summed E-state index contributed by atoms with van der Waals surface area (Å²) in [5, 5.41) is 9.57. The van der Waals surface area contributed by atoms with Gasteiger partial charge in [0.25, 0.3) is 0 Å². The number of aliphatic hydroxyl groups is 1. The molecule has 8 heteroatoms. The van der Waals surface area contributed by atoms with Crippen LogP contribution in [0.3, 0.4) is 0 Å². The Morgan fingerprint density at radius 1 is 1.19 bits per heavy atom. The second-order valence-corrected chi connectivity index (χ2v) is 11.7. The molecule has 2 bridgehead atoms. The first-order valence-electron chi connectivity index (χ1n) is 12.7. The maximum absolute atomic E-state index is 14.3. The Hall–Kier alpha value is -2.58. The van der Waals surface area contributed by atoms with Crippen molar-refractivity contribution in [1.29, 1.82) is 0 Å². The van der Waals surface area contributed by atoms with Gasteiger partial charge in [-0.25, -0.2) is 0 Å². The number of nitrogens with zero attached hydrogens (tertiary/aromatic N) is 3. The van der Waals surface area contributed by atoms with Crippen molar-refractivity contribution in [2.45, 2.75) is 42.3 Å². The normalized spacial score (nSPS) is 30.2. The van der Waals surface area contributed by atoms with Gasteiger partial charge in [0.2, 0.25) is 17.7 Å². The van der Waals surface area contributed by atoms with E-state index in [1.165, 1.54) is 0 Å². The first kappa shape index (κ1) is 26.5. The van der Waals surface area contributed by atoms with Crippen LogP contribution in [0.2, 0.25) is 0 Å².